The third-order valence-corrected chi connectivity index (χ3v) is 18.0. The van der Waals surface area contributed by atoms with Gasteiger partial charge in [0.25, 0.3) is 0 Å². The van der Waals surface area contributed by atoms with E-state index < -0.39 is 16.4 Å². The Morgan fingerprint density at radius 1 is 0.825 bits per heavy atom. The number of aliphatic hydroxyl groups excluding tert-OH is 1. The van der Waals surface area contributed by atoms with E-state index >= 15 is 0 Å². The molecule has 1 aromatic carbocycles. The fourth-order valence-corrected chi connectivity index (χ4v) is 14.3. The number of hydrogen-bond acceptors (Lipinski definition) is 7. The highest BCUT2D eigenvalue weighted by molar-refractivity contribution is 6.07. The van der Waals surface area contributed by atoms with Crippen LogP contribution in [0.4, 0.5) is 0 Å². The van der Waals surface area contributed by atoms with Crippen LogP contribution < -0.4 is 5.32 Å². The monoisotopic (exact) mass is 786 g/mol. The van der Waals surface area contributed by atoms with Gasteiger partial charge in [-0.3, -0.25) is 19.2 Å². The minimum absolute atomic E-state index is 0.00851. The summed E-state index contributed by atoms with van der Waals surface area (Å²) in [6.07, 6.45) is 7.96. The number of rotatable bonds is 9. The van der Waals surface area contributed by atoms with Crippen LogP contribution in [0.25, 0.3) is 0 Å². The summed E-state index contributed by atoms with van der Waals surface area (Å²) in [5, 5.41) is 13.2. The fraction of sp³-hybridized carbons (Fsp3) is 0.755. The first-order valence-electron chi connectivity index (χ1n) is 22.1. The number of hydrogen-bond donors (Lipinski definition) is 2. The Bertz CT molecular complexity index is 1830. The number of esters is 2. The van der Waals surface area contributed by atoms with Gasteiger partial charge < -0.3 is 19.9 Å². The molecule has 10 atom stereocenters. The molecule has 7 rings (SSSR count). The van der Waals surface area contributed by atoms with Crippen LogP contribution in [0.1, 0.15) is 146 Å². The first-order chi connectivity index (χ1) is 26.5. The average Bonchev–Trinajstić information content (AvgIpc) is 3.45. The molecule has 6 aliphatic rings. The van der Waals surface area contributed by atoms with E-state index in [0.717, 1.165) is 61.7 Å². The molecule has 8 nitrogen and oxygen atoms in total. The second kappa shape index (κ2) is 14.0. The fourth-order valence-electron chi connectivity index (χ4n) is 14.3. The minimum Gasteiger partial charge on any atom is -0.462 e. The van der Waals surface area contributed by atoms with Crippen LogP contribution in [-0.4, -0.2) is 47.0 Å². The van der Waals surface area contributed by atoms with Gasteiger partial charge >= 0.3 is 11.9 Å². The Kier molecular flexibility index (Phi) is 10.4. The van der Waals surface area contributed by atoms with E-state index in [4.69, 9.17) is 9.47 Å². The third kappa shape index (κ3) is 6.29. The van der Waals surface area contributed by atoms with Gasteiger partial charge in [-0.2, -0.15) is 0 Å². The van der Waals surface area contributed by atoms with Crippen molar-refractivity contribution in [3.8, 4) is 0 Å². The zero-order valence-electron chi connectivity index (χ0n) is 36.8. The third-order valence-electron chi connectivity index (χ3n) is 18.0. The second-order valence-corrected chi connectivity index (χ2v) is 22.3. The number of aliphatic hydroxyl groups is 1. The minimum atomic E-state index is -0.848. The molecule has 1 aromatic rings. The van der Waals surface area contributed by atoms with Crippen LogP contribution >= 0.6 is 0 Å². The maximum absolute atomic E-state index is 14.4. The number of ketones is 1. The van der Waals surface area contributed by atoms with E-state index in [1.165, 1.54) is 0 Å². The molecule has 0 heterocycles. The smallest absolute Gasteiger partial charge is 0.309 e. The van der Waals surface area contributed by atoms with E-state index in [1.54, 1.807) is 0 Å². The number of carbonyl (C=O) groups excluding carboxylic acids is 4. The molecule has 6 aliphatic carbocycles. The zero-order chi connectivity index (χ0) is 41.7. The molecule has 5 fully saturated rings. The summed E-state index contributed by atoms with van der Waals surface area (Å²) in [5.74, 6) is -0.0520. The van der Waals surface area contributed by atoms with E-state index in [0.29, 0.717) is 24.7 Å². The van der Waals surface area contributed by atoms with Gasteiger partial charge in [-0.05, 0) is 134 Å². The summed E-state index contributed by atoms with van der Waals surface area (Å²) in [6, 6.07) is 9.68. The highest BCUT2D eigenvalue weighted by Gasteiger charge is 2.71. The second-order valence-electron chi connectivity index (χ2n) is 22.3. The van der Waals surface area contributed by atoms with Crippen LogP contribution in [0.5, 0.6) is 0 Å². The molecule has 5 saturated carbocycles. The van der Waals surface area contributed by atoms with E-state index in [2.05, 4.69) is 53.8 Å². The Labute approximate surface area is 342 Å². The van der Waals surface area contributed by atoms with Crippen molar-refractivity contribution in [2.24, 2.45) is 68.0 Å². The number of allylic oxidation sites excluding steroid dienone is 1. The van der Waals surface area contributed by atoms with E-state index in [1.807, 2.05) is 58.0 Å². The molecule has 2 unspecified atom stereocenters. The topological polar surface area (TPSA) is 119 Å². The van der Waals surface area contributed by atoms with Crippen molar-refractivity contribution in [1.82, 2.24) is 5.32 Å². The van der Waals surface area contributed by atoms with Crippen molar-refractivity contribution < 1.29 is 33.8 Å². The maximum Gasteiger partial charge on any atom is 0.309 e. The van der Waals surface area contributed by atoms with Gasteiger partial charge in [-0.1, -0.05) is 92.6 Å². The van der Waals surface area contributed by atoms with Gasteiger partial charge in [0.1, 0.15) is 12.7 Å². The summed E-state index contributed by atoms with van der Waals surface area (Å²) in [4.78, 5) is 55.5. The van der Waals surface area contributed by atoms with Crippen LogP contribution in [0.15, 0.2) is 41.5 Å². The summed E-state index contributed by atoms with van der Waals surface area (Å²) in [5.41, 5.74) is 0.544. The summed E-state index contributed by atoms with van der Waals surface area (Å²) >= 11 is 0. The van der Waals surface area contributed by atoms with E-state index in [-0.39, 0.29) is 94.7 Å². The Balaban J connectivity index is 1.08. The zero-order valence-corrected chi connectivity index (χ0v) is 36.8. The lowest BCUT2D eigenvalue weighted by Gasteiger charge is -2.72. The molecule has 314 valence electrons. The number of fused-ring (bicyclic) bond motifs is 7. The molecule has 1 amide bonds. The van der Waals surface area contributed by atoms with Gasteiger partial charge in [-0.25, -0.2) is 0 Å². The molecular formula is C49H71NO7. The van der Waals surface area contributed by atoms with Crippen molar-refractivity contribution in [2.75, 3.05) is 6.61 Å². The first kappa shape index (κ1) is 42.1. The van der Waals surface area contributed by atoms with Crippen LogP contribution in [0.2, 0.25) is 0 Å². The lowest BCUT2D eigenvalue weighted by molar-refractivity contribution is -0.236. The Morgan fingerprint density at radius 2 is 1.49 bits per heavy atom. The number of ether oxygens (including phenoxy) is 2. The molecule has 8 heteroatoms. The van der Waals surface area contributed by atoms with Crippen LogP contribution in [0.3, 0.4) is 0 Å². The van der Waals surface area contributed by atoms with Crippen molar-refractivity contribution in [3.63, 3.8) is 0 Å². The molecule has 2 N–H and O–H groups in total. The van der Waals surface area contributed by atoms with E-state index in [9.17, 15) is 24.3 Å². The first-order valence-corrected chi connectivity index (χ1v) is 22.1. The summed E-state index contributed by atoms with van der Waals surface area (Å²) < 4.78 is 12.2. The predicted octanol–water partition coefficient (Wildman–Crippen LogP) is 9.17. The van der Waals surface area contributed by atoms with Crippen molar-refractivity contribution >= 4 is 23.6 Å². The average molecular weight is 786 g/mol. The highest BCUT2D eigenvalue weighted by Crippen LogP contribution is 2.77. The van der Waals surface area contributed by atoms with Crippen molar-refractivity contribution in [1.29, 1.82) is 0 Å². The number of amides is 1. The van der Waals surface area contributed by atoms with Gasteiger partial charge in [-0.15, -0.1) is 0 Å². The normalized spacial score (nSPS) is 39.2. The highest BCUT2D eigenvalue weighted by atomic mass is 16.5. The van der Waals surface area contributed by atoms with Gasteiger partial charge in [0, 0.05) is 11.8 Å². The number of benzene rings is 1. The number of nitrogens with one attached hydrogen (secondary N) is 1. The lowest BCUT2D eigenvalue weighted by Crippen LogP contribution is -2.66. The quantitative estimate of drug-likeness (QED) is 0.240. The predicted molar refractivity (Wildman–Crippen MR) is 220 cm³/mol. The Hall–Kier alpha value is -3.00. The molecule has 0 bridgehead atoms. The van der Waals surface area contributed by atoms with Crippen LogP contribution in [-0.2, 0) is 35.3 Å². The number of Topliss-reactive ketones (excluding diaryl/α,β-unsaturated/α-hetero) is 1. The largest absolute Gasteiger partial charge is 0.462 e. The van der Waals surface area contributed by atoms with Crippen molar-refractivity contribution in [2.45, 2.75) is 159 Å². The van der Waals surface area contributed by atoms with Crippen molar-refractivity contribution in [3.05, 3.63) is 47.0 Å². The van der Waals surface area contributed by atoms with Gasteiger partial charge in [0.15, 0.2) is 5.78 Å². The SMILES string of the molecule is CC(C)C1=C2[C@H]3CCC4[C@@]5(C)CC[C@H](OC(=O)[C@H]6C[C@@H](C(=O)OCc7ccccc7)C6(C)C)C(C)(C)C5CC[C@@]4(C)[C@]3(C)CC[C@@]2(C(=O)NC(C)(C)CO)CC1=O. The Morgan fingerprint density at radius 3 is 2.12 bits per heavy atom. The van der Waals surface area contributed by atoms with Gasteiger partial charge in [0.05, 0.1) is 29.4 Å². The molecule has 0 aliphatic heterocycles. The molecule has 0 spiro atoms. The molecule has 57 heavy (non-hydrogen) atoms. The molecule has 0 radical (unpaired) electrons. The summed E-state index contributed by atoms with van der Waals surface area (Å²) in [7, 11) is 0. The summed E-state index contributed by atoms with van der Waals surface area (Å²) in [6.45, 7) is 24.2. The van der Waals surface area contributed by atoms with Gasteiger partial charge in [0.2, 0.25) is 5.91 Å². The van der Waals surface area contributed by atoms with Crippen LogP contribution in [0, 0.1) is 68.0 Å². The standard InChI is InChI=1S/C49H71NO7/c1-29(2)38-34(52)26-49(42(55)50-43(3,4)28-51)24-23-47(10)31(39(38)49)17-18-36-46(9)21-20-37(45(7,8)35(46)19-22-48(36,47)11)57-41(54)33-25-32(44(33,5)6)40(53)56-27-30-15-13-12-14-16-30/h12-16,29,31-33,35-37,51H,17-28H2,1-11H3,(H,50,55)/t31-,32+,33-,35?,36?,37+,46+,47-,48-,49-/m1/s1. The lowest BCUT2D eigenvalue weighted by atomic mass is 9.33. The maximum atomic E-state index is 14.4. The molecule has 0 saturated heterocycles. The molecular weight excluding hydrogens is 715 g/mol. The molecule has 0 aromatic heterocycles. The number of carbonyl (C=O) groups is 4.